The van der Waals surface area contributed by atoms with Gasteiger partial charge in [-0.25, -0.2) is 13.8 Å². The summed E-state index contributed by atoms with van der Waals surface area (Å²) in [4.78, 5) is 22.1. The molecule has 4 aromatic rings. The molecule has 154 valence electrons. The Morgan fingerprint density at radius 3 is 2.53 bits per heavy atom. The number of thioether (sulfide) groups is 1. The Morgan fingerprint density at radius 2 is 1.83 bits per heavy atom. The van der Waals surface area contributed by atoms with Crippen molar-refractivity contribution in [3.8, 4) is 5.69 Å². The van der Waals surface area contributed by atoms with Crippen molar-refractivity contribution in [2.75, 3.05) is 0 Å². The molecule has 0 saturated heterocycles. The van der Waals surface area contributed by atoms with Crippen LogP contribution >= 0.6 is 11.8 Å². The van der Waals surface area contributed by atoms with E-state index in [2.05, 4.69) is 15.1 Å². The summed E-state index contributed by atoms with van der Waals surface area (Å²) in [7, 11) is 0. The van der Waals surface area contributed by atoms with Crippen LogP contribution in [0.3, 0.4) is 0 Å². The minimum atomic E-state index is -0.858. The second-order valence-corrected chi connectivity index (χ2v) is 8.36. The van der Waals surface area contributed by atoms with Crippen LogP contribution < -0.4 is 5.56 Å². The summed E-state index contributed by atoms with van der Waals surface area (Å²) in [5, 5.41) is 4.17. The van der Waals surface area contributed by atoms with E-state index in [1.165, 1.54) is 17.8 Å². The lowest BCUT2D eigenvalue weighted by Crippen LogP contribution is -2.23. The predicted molar refractivity (Wildman–Crippen MR) is 110 cm³/mol. The number of halogens is 2. The normalized spacial score (nSPS) is 12.6. The van der Waals surface area contributed by atoms with E-state index in [-0.39, 0.29) is 22.0 Å². The highest BCUT2D eigenvalue weighted by molar-refractivity contribution is 7.99. The molecule has 9 heteroatoms. The average molecular weight is 428 g/mol. The summed E-state index contributed by atoms with van der Waals surface area (Å²) >= 11 is 1.18. The molecule has 0 radical (unpaired) electrons. The van der Waals surface area contributed by atoms with Crippen molar-refractivity contribution >= 4 is 22.7 Å². The number of nitrogens with zero attached hydrogens (tertiary/aromatic N) is 4. The first-order chi connectivity index (χ1) is 14.3. The number of benzene rings is 2. The highest BCUT2D eigenvalue weighted by atomic mass is 32.2. The maximum atomic E-state index is 14.6. The highest BCUT2D eigenvalue weighted by Gasteiger charge is 2.22. The molecule has 0 aliphatic carbocycles. The molecule has 0 aliphatic rings. The van der Waals surface area contributed by atoms with Crippen LogP contribution in [0.25, 0.3) is 16.6 Å². The van der Waals surface area contributed by atoms with Gasteiger partial charge in [0.1, 0.15) is 11.6 Å². The van der Waals surface area contributed by atoms with Crippen LogP contribution in [0, 0.1) is 11.6 Å². The molecule has 0 amide bonds. The summed E-state index contributed by atoms with van der Waals surface area (Å²) in [6, 6.07) is 9.86. The quantitative estimate of drug-likeness (QED) is 0.328. The monoisotopic (exact) mass is 428 g/mol. The van der Waals surface area contributed by atoms with Crippen molar-refractivity contribution in [3.05, 3.63) is 76.2 Å². The van der Waals surface area contributed by atoms with Crippen molar-refractivity contribution in [1.29, 1.82) is 0 Å². The molecule has 2 heterocycles. The van der Waals surface area contributed by atoms with E-state index in [0.717, 1.165) is 16.7 Å². The van der Waals surface area contributed by atoms with Crippen molar-refractivity contribution in [1.82, 2.24) is 19.7 Å². The number of rotatable bonds is 5. The average Bonchev–Trinajstić information content (AvgIpc) is 3.20. The van der Waals surface area contributed by atoms with Gasteiger partial charge in [0.05, 0.1) is 21.8 Å². The summed E-state index contributed by atoms with van der Waals surface area (Å²) in [5.74, 6) is -0.538. The Morgan fingerprint density at radius 1 is 1.07 bits per heavy atom. The molecule has 0 saturated carbocycles. The summed E-state index contributed by atoms with van der Waals surface area (Å²) in [6.45, 7) is 5.73. The predicted octanol–water partition coefficient (Wildman–Crippen LogP) is 5.02. The van der Waals surface area contributed by atoms with Crippen molar-refractivity contribution < 1.29 is 13.3 Å². The molecule has 0 N–H and O–H groups in total. The Kier molecular flexibility index (Phi) is 5.38. The molecule has 2 aromatic carbocycles. The highest BCUT2D eigenvalue weighted by Crippen LogP contribution is 2.34. The molecule has 0 aliphatic heterocycles. The smallest absolute Gasteiger partial charge is 0.266 e. The van der Waals surface area contributed by atoms with E-state index in [9.17, 15) is 13.6 Å². The largest absolute Gasteiger partial charge is 0.338 e. The fourth-order valence-electron chi connectivity index (χ4n) is 2.92. The van der Waals surface area contributed by atoms with Gasteiger partial charge in [0.15, 0.2) is 11.0 Å². The molecule has 0 bridgehead atoms. The Labute approximate surface area is 175 Å². The molecule has 1 unspecified atom stereocenters. The molecule has 30 heavy (non-hydrogen) atoms. The van der Waals surface area contributed by atoms with Crippen LogP contribution in [0.1, 0.15) is 43.7 Å². The zero-order valence-corrected chi connectivity index (χ0v) is 17.3. The van der Waals surface area contributed by atoms with Crippen LogP contribution in [0.5, 0.6) is 0 Å². The van der Waals surface area contributed by atoms with Gasteiger partial charge in [-0.1, -0.05) is 42.9 Å². The summed E-state index contributed by atoms with van der Waals surface area (Å²) < 4.78 is 34.5. The fourth-order valence-corrected chi connectivity index (χ4v) is 3.87. The third-order valence-electron chi connectivity index (χ3n) is 4.50. The second-order valence-electron chi connectivity index (χ2n) is 7.05. The van der Waals surface area contributed by atoms with Gasteiger partial charge in [-0.3, -0.25) is 9.36 Å². The van der Waals surface area contributed by atoms with E-state index in [0.29, 0.717) is 22.6 Å². The minimum Gasteiger partial charge on any atom is -0.338 e. The topological polar surface area (TPSA) is 73.8 Å². The van der Waals surface area contributed by atoms with Gasteiger partial charge in [0.25, 0.3) is 5.56 Å². The molecule has 0 spiro atoms. The van der Waals surface area contributed by atoms with E-state index in [4.69, 9.17) is 4.52 Å². The maximum Gasteiger partial charge on any atom is 0.266 e. The third kappa shape index (κ3) is 3.72. The van der Waals surface area contributed by atoms with E-state index < -0.39 is 17.2 Å². The molecule has 1 atom stereocenters. The molecule has 6 nitrogen and oxygen atoms in total. The van der Waals surface area contributed by atoms with E-state index in [1.54, 1.807) is 24.3 Å². The Hall–Kier alpha value is -3.07. The van der Waals surface area contributed by atoms with Crippen molar-refractivity contribution in [2.45, 2.75) is 37.1 Å². The van der Waals surface area contributed by atoms with Crippen LogP contribution in [0.4, 0.5) is 8.78 Å². The zero-order valence-electron chi connectivity index (χ0n) is 16.5. The first kappa shape index (κ1) is 20.2. The molecular formula is C21H18F2N4O2S. The molecule has 2 aromatic heterocycles. The van der Waals surface area contributed by atoms with Crippen LogP contribution in [0.2, 0.25) is 0 Å². The Balaban J connectivity index is 1.86. The SMILES string of the molecule is CC(C)c1noc(C(C)Sc2nc3ccccc3c(=O)n2-c2ccc(F)cc2F)n1. The van der Waals surface area contributed by atoms with Crippen molar-refractivity contribution in [2.24, 2.45) is 0 Å². The number of hydrogen-bond acceptors (Lipinski definition) is 6. The first-order valence-electron chi connectivity index (χ1n) is 9.32. The zero-order chi connectivity index (χ0) is 21.4. The van der Waals surface area contributed by atoms with Gasteiger partial charge in [-0.2, -0.15) is 4.98 Å². The van der Waals surface area contributed by atoms with Gasteiger partial charge in [-0.15, -0.1) is 0 Å². The summed E-state index contributed by atoms with van der Waals surface area (Å²) in [5.41, 5.74) is -0.0543. The van der Waals surface area contributed by atoms with Gasteiger partial charge in [-0.05, 0) is 31.2 Å². The molecular weight excluding hydrogens is 410 g/mol. The van der Waals surface area contributed by atoms with Gasteiger partial charge >= 0.3 is 0 Å². The number of aromatic nitrogens is 4. The van der Waals surface area contributed by atoms with Gasteiger partial charge in [0.2, 0.25) is 5.89 Å². The Bertz CT molecular complexity index is 1290. The van der Waals surface area contributed by atoms with Crippen LogP contribution in [-0.4, -0.2) is 19.7 Å². The van der Waals surface area contributed by atoms with Crippen LogP contribution in [-0.2, 0) is 0 Å². The lowest BCUT2D eigenvalue weighted by Gasteiger charge is -2.15. The van der Waals surface area contributed by atoms with Crippen molar-refractivity contribution in [3.63, 3.8) is 0 Å². The molecule has 4 rings (SSSR count). The van der Waals surface area contributed by atoms with Gasteiger partial charge in [0, 0.05) is 12.0 Å². The third-order valence-corrected chi connectivity index (χ3v) is 5.54. The first-order valence-corrected chi connectivity index (χ1v) is 10.2. The maximum absolute atomic E-state index is 14.6. The lowest BCUT2D eigenvalue weighted by atomic mass is 10.2. The van der Waals surface area contributed by atoms with Gasteiger partial charge < -0.3 is 4.52 Å². The number of fused-ring (bicyclic) bond motifs is 1. The minimum absolute atomic E-state index is 0.0808. The van der Waals surface area contributed by atoms with Crippen LogP contribution in [0.15, 0.2) is 56.9 Å². The lowest BCUT2D eigenvalue weighted by molar-refractivity contribution is 0.373. The summed E-state index contributed by atoms with van der Waals surface area (Å²) in [6.07, 6.45) is 0. The number of para-hydroxylation sites is 1. The standard InChI is InChI=1S/C21H18F2N4O2S/c1-11(2)18-25-19(29-26-18)12(3)30-21-24-16-7-5-4-6-14(16)20(28)27(21)17-9-8-13(22)10-15(17)23/h4-12H,1-3H3. The molecule has 0 fully saturated rings. The second kappa shape index (κ2) is 7.98. The fraction of sp³-hybridized carbons (Fsp3) is 0.238. The van der Waals surface area contributed by atoms with E-state index >= 15 is 0 Å². The van der Waals surface area contributed by atoms with E-state index in [1.807, 2.05) is 20.8 Å². The number of hydrogen-bond donors (Lipinski definition) is 0.